The fraction of sp³-hybridized carbons (Fsp3) is 0.333. The Hall–Kier alpha value is -3.46. The van der Waals surface area contributed by atoms with E-state index in [1.807, 2.05) is 47.8 Å². The van der Waals surface area contributed by atoms with Crippen LogP contribution in [0.2, 0.25) is 0 Å². The molecule has 0 spiro atoms. The van der Waals surface area contributed by atoms with Crippen LogP contribution in [0.1, 0.15) is 45.3 Å². The van der Waals surface area contributed by atoms with Crippen LogP contribution in [0, 0.1) is 0 Å². The summed E-state index contributed by atoms with van der Waals surface area (Å²) in [5.74, 6) is -1.20. The fourth-order valence-corrected chi connectivity index (χ4v) is 4.64. The highest BCUT2D eigenvalue weighted by molar-refractivity contribution is 7.09. The number of hydrogen-bond donors (Lipinski definition) is 1. The largest absolute Gasteiger partial charge is 0.461 e. The topological polar surface area (TPSA) is 93.5 Å². The third-order valence-electron chi connectivity index (χ3n) is 5.73. The maximum atomic E-state index is 13.5. The molecule has 0 radical (unpaired) electrons. The molecule has 3 heterocycles. The van der Waals surface area contributed by atoms with Crippen LogP contribution >= 0.6 is 11.3 Å². The summed E-state index contributed by atoms with van der Waals surface area (Å²) >= 11 is 1.61. The Morgan fingerprint density at radius 3 is 2.70 bits per heavy atom. The average molecular weight is 467 g/mol. The van der Waals surface area contributed by atoms with E-state index in [-0.39, 0.29) is 36.4 Å². The van der Waals surface area contributed by atoms with E-state index >= 15 is 0 Å². The molecular formula is C24H26N4O4S. The number of hydrogen-bond acceptors (Lipinski definition) is 6. The van der Waals surface area contributed by atoms with Gasteiger partial charge in [0.25, 0.3) is 5.91 Å². The number of carbonyl (C=O) groups is 3. The Labute approximate surface area is 196 Å². The van der Waals surface area contributed by atoms with Crippen LogP contribution in [0.15, 0.2) is 53.9 Å². The molecule has 0 aliphatic carbocycles. The van der Waals surface area contributed by atoms with Gasteiger partial charge in [-0.25, -0.2) is 4.79 Å². The number of nitrogens with one attached hydrogen (secondary N) is 1. The minimum Gasteiger partial charge on any atom is -0.461 e. The van der Waals surface area contributed by atoms with Crippen molar-refractivity contribution in [3.05, 3.63) is 75.7 Å². The standard InChI is InChI=1S/C24H26N4O4S/c1-3-32-22(30)19-14-20-21(29)27(12-11-18-10-7-13-33-18)24(2,16-28(20)26-19)23(31)25-15-17-8-5-4-6-9-17/h4-10,13-14H,3,11-12,15-16H2,1-2H3,(H,25,31)/t24-/m0/s1. The summed E-state index contributed by atoms with van der Waals surface area (Å²) in [6, 6.07) is 15.0. The predicted molar refractivity (Wildman–Crippen MR) is 124 cm³/mol. The van der Waals surface area contributed by atoms with Gasteiger partial charge in [-0.3, -0.25) is 14.3 Å². The molecular weight excluding hydrogens is 440 g/mol. The van der Waals surface area contributed by atoms with Gasteiger partial charge in [0.2, 0.25) is 5.91 Å². The van der Waals surface area contributed by atoms with E-state index in [0.717, 1.165) is 10.4 Å². The Morgan fingerprint density at radius 2 is 2.00 bits per heavy atom. The first-order valence-electron chi connectivity index (χ1n) is 10.8. The second kappa shape index (κ2) is 9.58. The summed E-state index contributed by atoms with van der Waals surface area (Å²) in [5.41, 5.74) is 0.129. The van der Waals surface area contributed by atoms with Crippen LogP contribution in [-0.2, 0) is 29.0 Å². The third-order valence-corrected chi connectivity index (χ3v) is 6.67. The Morgan fingerprint density at radius 1 is 1.21 bits per heavy atom. The van der Waals surface area contributed by atoms with E-state index in [4.69, 9.17) is 4.74 Å². The molecule has 1 aromatic carbocycles. The molecule has 2 aromatic heterocycles. The molecule has 3 aromatic rings. The highest BCUT2D eigenvalue weighted by Gasteiger charge is 2.48. The predicted octanol–water partition coefficient (Wildman–Crippen LogP) is 2.89. The van der Waals surface area contributed by atoms with Crippen molar-refractivity contribution in [3.63, 3.8) is 0 Å². The van der Waals surface area contributed by atoms with Crippen molar-refractivity contribution in [2.45, 2.75) is 38.9 Å². The van der Waals surface area contributed by atoms with Crippen molar-refractivity contribution in [1.82, 2.24) is 20.0 Å². The molecule has 1 aliphatic rings. The first-order valence-corrected chi connectivity index (χ1v) is 11.7. The summed E-state index contributed by atoms with van der Waals surface area (Å²) in [6.07, 6.45) is 0.629. The molecule has 33 heavy (non-hydrogen) atoms. The van der Waals surface area contributed by atoms with E-state index in [1.165, 1.54) is 10.7 Å². The number of rotatable bonds is 8. The van der Waals surface area contributed by atoms with Crippen molar-refractivity contribution in [2.24, 2.45) is 0 Å². The molecule has 172 valence electrons. The molecule has 4 rings (SSSR count). The molecule has 8 nitrogen and oxygen atoms in total. The fourth-order valence-electron chi connectivity index (χ4n) is 3.94. The average Bonchev–Trinajstić information content (AvgIpc) is 3.48. The normalized spacial score (nSPS) is 17.5. The Kier molecular flexibility index (Phi) is 6.60. The first kappa shape index (κ1) is 22.7. The quantitative estimate of drug-likeness (QED) is 0.515. The lowest BCUT2D eigenvalue weighted by atomic mass is 9.94. The summed E-state index contributed by atoms with van der Waals surface area (Å²) < 4.78 is 6.48. The van der Waals surface area contributed by atoms with Gasteiger partial charge in [0.15, 0.2) is 5.69 Å². The number of ether oxygens (including phenoxy) is 1. The number of fused-ring (bicyclic) bond motifs is 1. The van der Waals surface area contributed by atoms with Gasteiger partial charge in [-0.05, 0) is 37.3 Å². The molecule has 0 saturated heterocycles. The minimum absolute atomic E-state index is 0.0624. The molecule has 0 bridgehead atoms. The zero-order valence-corrected chi connectivity index (χ0v) is 19.4. The summed E-state index contributed by atoms with van der Waals surface area (Å²) in [5, 5.41) is 9.23. The Bertz CT molecular complexity index is 1140. The lowest BCUT2D eigenvalue weighted by Gasteiger charge is -2.43. The molecule has 0 fully saturated rings. The lowest BCUT2D eigenvalue weighted by Crippen LogP contribution is -2.64. The molecule has 1 atom stereocenters. The van der Waals surface area contributed by atoms with Crippen molar-refractivity contribution in [1.29, 1.82) is 0 Å². The second-order valence-corrected chi connectivity index (χ2v) is 9.05. The monoisotopic (exact) mass is 466 g/mol. The van der Waals surface area contributed by atoms with Gasteiger partial charge in [0.05, 0.1) is 13.2 Å². The van der Waals surface area contributed by atoms with Crippen LogP contribution in [0.4, 0.5) is 0 Å². The molecule has 1 N–H and O–H groups in total. The van der Waals surface area contributed by atoms with E-state index in [2.05, 4.69) is 10.4 Å². The minimum atomic E-state index is -1.17. The smallest absolute Gasteiger partial charge is 0.358 e. The van der Waals surface area contributed by atoms with Crippen LogP contribution in [0.25, 0.3) is 0 Å². The number of carbonyl (C=O) groups excluding carboxylic acids is 3. The summed E-state index contributed by atoms with van der Waals surface area (Å²) in [4.78, 5) is 41.8. The van der Waals surface area contributed by atoms with Crippen LogP contribution < -0.4 is 5.32 Å². The first-order chi connectivity index (χ1) is 15.9. The highest BCUT2D eigenvalue weighted by Crippen LogP contribution is 2.28. The number of nitrogens with zero attached hydrogens (tertiary/aromatic N) is 3. The van der Waals surface area contributed by atoms with Gasteiger partial charge in [-0.2, -0.15) is 5.10 Å². The maximum absolute atomic E-state index is 13.5. The molecule has 0 saturated carbocycles. The lowest BCUT2D eigenvalue weighted by molar-refractivity contribution is -0.133. The van der Waals surface area contributed by atoms with Crippen LogP contribution in [0.3, 0.4) is 0 Å². The third kappa shape index (κ3) is 4.68. The van der Waals surface area contributed by atoms with Crippen LogP contribution in [0.5, 0.6) is 0 Å². The molecule has 2 amide bonds. The highest BCUT2D eigenvalue weighted by atomic mass is 32.1. The van der Waals surface area contributed by atoms with Crippen molar-refractivity contribution in [2.75, 3.05) is 13.2 Å². The second-order valence-electron chi connectivity index (χ2n) is 8.02. The van der Waals surface area contributed by atoms with E-state index in [9.17, 15) is 14.4 Å². The van der Waals surface area contributed by atoms with Gasteiger partial charge in [0.1, 0.15) is 11.2 Å². The van der Waals surface area contributed by atoms with Crippen molar-refractivity contribution >= 4 is 29.1 Å². The SMILES string of the molecule is CCOC(=O)c1cc2n(n1)C[C@@](C)(C(=O)NCc1ccccc1)N(CCc1cccs1)C2=O. The number of esters is 1. The van der Waals surface area contributed by atoms with Crippen molar-refractivity contribution in [3.8, 4) is 0 Å². The van der Waals surface area contributed by atoms with E-state index in [0.29, 0.717) is 19.5 Å². The van der Waals surface area contributed by atoms with Gasteiger partial charge in [0, 0.05) is 24.0 Å². The molecule has 9 heteroatoms. The van der Waals surface area contributed by atoms with Gasteiger partial charge < -0.3 is 15.0 Å². The molecule has 1 aliphatic heterocycles. The zero-order chi connectivity index (χ0) is 23.4. The van der Waals surface area contributed by atoms with E-state index < -0.39 is 11.5 Å². The number of aromatic nitrogens is 2. The zero-order valence-electron chi connectivity index (χ0n) is 18.6. The molecule has 0 unspecified atom stereocenters. The van der Waals surface area contributed by atoms with Gasteiger partial charge >= 0.3 is 5.97 Å². The maximum Gasteiger partial charge on any atom is 0.358 e. The number of benzene rings is 1. The summed E-state index contributed by atoms with van der Waals surface area (Å²) in [7, 11) is 0. The number of thiophene rings is 1. The Balaban J connectivity index is 1.62. The van der Waals surface area contributed by atoms with E-state index in [1.54, 1.807) is 30.1 Å². The van der Waals surface area contributed by atoms with Crippen molar-refractivity contribution < 1.29 is 19.1 Å². The van der Waals surface area contributed by atoms with Gasteiger partial charge in [-0.1, -0.05) is 36.4 Å². The number of amides is 2. The van der Waals surface area contributed by atoms with Crippen LogP contribution in [-0.4, -0.2) is 51.2 Å². The summed E-state index contributed by atoms with van der Waals surface area (Å²) in [6.45, 7) is 4.52. The van der Waals surface area contributed by atoms with Gasteiger partial charge in [-0.15, -0.1) is 11.3 Å².